The van der Waals surface area contributed by atoms with E-state index in [1.165, 1.54) is 6.20 Å². The van der Waals surface area contributed by atoms with Gasteiger partial charge >= 0.3 is 6.09 Å². The Morgan fingerprint density at radius 1 is 1.47 bits per heavy atom. The summed E-state index contributed by atoms with van der Waals surface area (Å²) in [5.74, 6) is 0.796. The van der Waals surface area contributed by atoms with Crippen molar-refractivity contribution in [3.63, 3.8) is 0 Å². The third kappa shape index (κ3) is 3.17. The molecule has 2 N–H and O–H groups in total. The van der Waals surface area contributed by atoms with Crippen LogP contribution in [0.15, 0.2) is 6.20 Å². The lowest BCUT2D eigenvalue weighted by molar-refractivity contribution is 0.105. The largest absolute Gasteiger partial charge is 0.450 e. The second kappa shape index (κ2) is 5.92. The molecule has 1 saturated heterocycles. The number of carbonyl (C=O) groups is 1. The highest BCUT2D eigenvalue weighted by atomic mass is 35.5. The molecule has 1 aliphatic rings. The van der Waals surface area contributed by atoms with E-state index in [1.807, 2.05) is 4.90 Å². The van der Waals surface area contributed by atoms with Gasteiger partial charge in [0, 0.05) is 26.2 Å². The van der Waals surface area contributed by atoms with Crippen LogP contribution in [-0.4, -0.2) is 53.7 Å². The van der Waals surface area contributed by atoms with E-state index in [9.17, 15) is 4.79 Å². The number of hydrogen-bond acceptors (Lipinski definition) is 6. The fraction of sp³-hybridized carbons (Fsp3) is 0.545. The minimum absolute atomic E-state index is 0.187. The zero-order valence-electron chi connectivity index (χ0n) is 10.7. The standard InChI is InChI=1S/C11H16ClN5O2/c1-2-19-11(18)17-5-3-16(4-6-17)9-8(12)7-14-10(13)15-9/h7H,2-6H2,1H3,(H2,13,14,15). The molecule has 2 rings (SSSR count). The first-order chi connectivity index (χ1) is 9.11. The maximum absolute atomic E-state index is 11.6. The molecular weight excluding hydrogens is 270 g/mol. The van der Waals surface area contributed by atoms with Crippen molar-refractivity contribution in [3.8, 4) is 0 Å². The van der Waals surface area contributed by atoms with E-state index in [1.54, 1.807) is 11.8 Å². The van der Waals surface area contributed by atoms with Gasteiger partial charge in [-0.3, -0.25) is 0 Å². The second-order valence-corrected chi connectivity index (χ2v) is 4.48. The third-order valence-electron chi connectivity index (χ3n) is 2.85. The van der Waals surface area contributed by atoms with Gasteiger partial charge in [0.2, 0.25) is 5.95 Å². The summed E-state index contributed by atoms with van der Waals surface area (Å²) < 4.78 is 4.96. The minimum Gasteiger partial charge on any atom is -0.450 e. The summed E-state index contributed by atoms with van der Waals surface area (Å²) in [7, 11) is 0. The summed E-state index contributed by atoms with van der Waals surface area (Å²) in [5.41, 5.74) is 5.56. The van der Waals surface area contributed by atoms with Crippen LogP contribution in [0.1, 0.15) is 6.92 Å². The van der Waals surface area contributed by atoms with E-state index in [0.29, 0.717) is 43.6 Å². The lowest BCUT2D eigenvalue weighted by Gasteiger charge is -2.34. The first-order valence-corrected chi connectivity index (χ1v) is 6.44. The average molecular weight is 286 g/mol. The van der Waals surface area contributed by atoms with Crippen molar-refractivity contribution >= 4 is 29.5 Å². The SMILES string of the molecule is CCOC(=O)N1CCN(c2nc(N)ncc2Cl)CC1. The first kappa shape index (κ1) is 13.7. The van der Waals surface area contributed by atoms with E-state index < -0.39 is 0 Å². The van der Waals surface area contributed by atoms with Crippen molar-refractivity contribution in [2.24, 2.45) is 0 Å². The molecule has 1 aliphatic heterocycles. The number of anilines is 2. The number of nitrogens with two attached hydrogens (primary N) is 1. The van der Waals surface area contributed by atoms with Gasteiger partial charge in [0.15, 0.2) is 5.82 Å². The lowest BCUT2D eigenvalue weighted by Crippen LogP contribution is -2.49. The molecule has 0 unspecified atom stereocenters. The molecule has 0 aromatic carbocycles. The van der Waals surface area contributed by atoms with Crippen LogP contribution in [0.5, 0.6) is 0 Å². The highest BCUT2D eigenvalue weighted by Gasteiger charge is 2.24. The van der Waals surface area contributed by atoms with Crippen molar-refractivity contribution in [1.29, 1.82) is 0 Å². The molecule has 19 heavy (non-hydrogen) atoms. The fourth-order valence-corrected chi connectivity index (χ4v) is 2.12. The summed E-state index contributed by atoms with van der Waals surface area (Å²) in [6, 6.07) is 0. The van der Waals surface area contributed by atoms with Crippen LogP contribution >= 0.6 is 11.6 Å². The smallest absolute Gasteiger partial charge is 0.409 e. The van der Waals surface area contributed by atoms with Crippen LogP contribution in [0.4, 0.5) is 16.6 Å². The molecule has 1 amide bonds. The number of nitrogens with zero attached hydrogens (tertiary/aromatic N) is 4. The van der Waals surface area contributed by atoms with E-state index in [4.69, 9.17) is 22.1 Å². The average Bonchev–Trinajstić information content (AvgIpc) is 2.42. The number of halogens is 1. The Bertz CT molecular complexity index is 462. The first-order valence-electron chi connectivity index (χ1n) is 6.06. The van der Waals surface area contributed by atoms with Gasteiger partial charge in [-0.25, -0.2) is 9.78 Å². The normalized spacial score (nSPS) is 15.5. The number of rotatable bonds is 2. The molecule has 1 aromatic heterocycles. The number of aromatic nitrogens is 2. The Balaban J connectivity index is 2.00. The van der Waals surface area contributed by atoms with Gasteiger partial charge in [-0.05, 0) is 6.92 Å². The molecule has 1 fully saturated rings. The van der Waals surface area contributed by atoms with Crippen molar-refractivity contribution in [3.05, 3.63) is 11.2 Å². The molecule has 7 nitrogen and oxygen atoms in total. The Kier molecular flexibility index (Phi) is 4.26. The third-order valence-corrected chi connectivity index (χ3v) is 3.12. The molecular formula is C11H16ClN5O2. The molecule has 8 heteroatoms. The summed E-state index contributed by atoms with van der Waals surface area (Å²) in [6.45, 7) is 4.58. The van der Waals surface area contributed by atoms with E-state index in [-0.39, 0.29) is 12.0 Å². The van der Waals surface area contributed by atoms with Crippen molar-refractivity contribution in [2.75, 3.05) is 43.4 Å². The number of hydrogen-bond donors (Lipinski definition) is 1. The highest BCUT2D eigenvalue weighted by Crippen LogP contribution is 2.24. The second-order valence-electron chi connectivity index (χ2n) is 4.07. The fourth-order valence-electron chi connectivity index (χ4n) is 1.91. The number of carbonyl (C=O) groups excluding carboxylic acids is 1. The highest BCUT2D eigenvalue weighted by molar-refractivity contribution is 6.32. The molecule has 0 radical (unpaired) electrons. The maximum Gasteiger partial charge on any atom is 0.409 e. The van der Waals surface area contributed by atoms with Crippen molar-refractivity contribution in [1.82, 2.24) is 14.9 Å². The molecule has 2 heterocycles. The van der Waals surface area contributed by atoms with Crippen LogP contribution < -0.4 is 10.6 Å². The van der Waals surface area contributed by atoms with Crippen LogP contribution in [0.2, 0.25) is 5.02 Å². The Hall–Kier alpha value is -1.76. The summed E-state index contributed by atoms with van der Waals surface area (Å²) in [6.07, 6.45) is 1.20. The van der Waals surface area contributed by atoms with Crippen molar-refractivity contribution in [2.45, 2.75) is 6.92 Å². The number of amides is 1. The van der Waals surface area contributed by atoms with Gasteiger partial charge in [0.25, 0.3) is 0 Å². The molecule has 0 aliphatic carbocycles. The molecule has 1 aromatic rings. The van der Waals surface area contributed by atoms with Gasteiger partial charge in [0.05, 0.1) is 12.8 Å². The molecule has 0 saturated carbocycles. The summed E-state index contributed by atoms with van der Waals surface area (Å²) in [4.78, 5) is 23.2. The van der Waals surface area contributed by atoms with Crippen molar-refractivity contribution < 1.29 is 9.53 Å². The molecule has 0 bridgehead atoms. The van der Waals surface area contributed by atoms with E-state index in [2.05, 4.69) is 9.97 Å². The number of ether oxygens (including phenoxy) is 1. The zero-order valence-corrected chi connectivity index (χ0v) is 11.4. The molecule has 0 atom stereocenters. The van der Waals surface area contributed by atoms with Crippen LogP contribution in [0.25, 0.3) is 0 Å². The van der Waals surface area contributed by atoms with Gasteiger partial charge < -0.3 is 20.3 Å². The minimum atomic E-state index is -0.282. The summed E-state index contributed by atoms with van der Waals surface area (Å²) in [5, 5.41) is 0.457. The van der Waals surface area contributed by atoms with E-state index in [0.717, 1.165) is 0 Å². The molecule has 104 valence electrons. The predicted molar refractivity (Wildman–Crippen MR) is 72.3 cm³/mol. The summed E-state index contributed by atoms with van der Waals surface area (Å²) >= 11 is 6.05. The van der Waals surface area contributed by atoms with Gasteiger partial charge in [-0.15, -0.1) is 0 Å². The Labute approximate surface area is 116 Å². The topological polar surface area (TPSA) is 84.6 Å². The molecule has 0 spiro atoms. The van der Waals surface area contributed by atoms with Gasteiger partial charge in [-0.2, -0.15) is 4.98 Å². The van der Waals surface area contributed by atoms with E-state index >= 15 is 0 Å². The Morgan fingerprint density at radius 3 is 2.79 bits per heavy atom. The zero-order chi connectivity index (χ0) is 13.8. The van der Waals surface area contributed by atoms with Crippen LogP contribution in [0.3, 0.4) is 0 Å². The monoisotopic (exact) mass is 285 g/mol. The quantitative estimate of drug-likeness (QED) is 0.872. The van der Waals surface area contributed by atoms with Gasteiger partial charge in [-0.1, -0.05) is 11.6 Å². The van der Waals surface area contributed by atoms with Crippen LogP contribution in [-0.2, 0) is 4.74 Å². The number of nitrogen functional groups attached to an aromatic ring is 1. The number of piperazine rings is 1. The lowest BCUT2D eigenvalue weighted by atomic mass is 10.3. The Morgan fingerprint density at radius 2 is 2.16 bits per heavy atom. The maximum atomic E-state index is 11.6. The van der Waals surface area contributed by atoms with Gasteiger partial charge in [0.1, 0.15) is 5.02 Å². The van der Waals surface area contributed by atoms with Crippen LogP contribution in [0, 0.1) is 0 Å². The predicted octanol–water partition coefficient (Wildman–Crippen LogP) is 0.991.